The minimum atomic E-state index is -4.63. The van der Waals surface area contributed by atoms with Gasteiger partial charge in [0.15, 0.2) is 5.82 Å². The van der Waals surface area contributed by atoms with E-state index in [1.807, 2.05) is 0 Å². The number of rotatable bonds is 7. The van der Waals surface area contributed by atoms with E-state index in [2.05, 4.69) is 10.1 Å². The third-order valence-corrected chi connectivity index (χ3v) is 6.60. The molecule has 42 heavy (non-hydrogen) atoms. The molecule has 0 spiro atoms. The van der Waals surface area contributed by atoms with Gasteiger partial charge in [0.25, 0.3) is 5.56 Å². The van der Waals surface area contributed by atoms with Gasteiger partial charge in [-0.1, -0.05) is 59.6 Å². The average Bonchev–Trinajstić information content (AvgIpc) is 2.96. The number of para-hydroxylation sites is 1. The maximum absolute atomic E-state index is 13.4. The fraction of sp³-hybridized carbons (Fsp3) is 0.0690. The zero-order valence-electron chi connectivity index (χ0n) is 21.2. The van der Waals surface area contributed by atoms with E-state index in [0.717, 1.165) is 29.1 Å². The van der Waals surface area contributed by atoms with Gasteiger partial charge in [-0.05, 0) is 48.0 Å². The van der Waals surface area contributed by atoms with Crippen LogP contribution in [0, 0.1) is 10.1 Å². The molecular weight excluding hydrogens is 596 g/mol. The van der Waals surface area contributed by atoms with Crippen molar-refractivity contribution in [2.24, 2.45) is 5.10 Å². The summed E-state index contributed by atoms with van der Waals surface area (Å²) in [5.74, 6) is -0.340. The summed E-state index contributed by atoms with van der Waals surface area (Å²) >= 11 is 12.2. The summed E-state index contributed by atoms with van der Waals surface area (Å²) in [5.41, 5.74) is -0.995. The molecule has 0 fully saturated rings. The van der Waals surface area contributed by atoms with Crippen molar-refractivity contribution in [2.45, 2.75) is 12.8 Å². The van der Waals surface area contributed by atoms with Crippen LogP contribution in [0.2, 0.25) is 10.0 Å². The molecule has 8 nitrogen and oxygen atoms in total. The molecule has 0 bridgehead atoms. The number of nitro groups is 1. The lowest BCUT2D eigenvalue weighted by atomic mass is 10.1. The summed E-state index contributed by atoms with van der Waals surface area (Å²) in [6.45, 7) is -0.0241. The summed E-state index contributed by atoms with van der Waals surface area (Å²) in [4.78, 5) is 29.0. The molecule has 0 radical (unpaired) electrons. The molecule has 0 N–H and O–H groups in total. The van der Waals surface area contributed by atoms with Gasteiger partial charge < -0.3 is 4.74 Å². The number of fused-ring (bicyclic) bond motifs is 1. The topological polar surface area (TPSA) is 99.6 Å². The molecule has 1 aromatic heterocycles. The van der Waals surface area contributed by atoms with Gasteiger partial charge in [0, 0.05) is 22.2 Å². The van der Waals surface area contributed by atoms with E-state index in [1.165, 1.54) is 24.3 Å². The lowest BCUT2D eigenvalue weighted by molar-refractivity contribution is -0.385. The fourth-order valence-corrected chi connectivity index (χ4v) is 4.47. The van der Waals surface area contributed by atoms with Crippen LogP contribution in [-0.4, -0.2) is 20.8 Å². The second-order valence-electron chi connectivity index (χ2n) is 8.92. The number of halogens is 5. The molecule has 4 aromatic carbocycles. The highest BCUT2D eigenvalue weighted by Gasteiger charge is 2.31. The Hall–Kier alpha value is -4.74. The first-order chi connectivity index (χ1) is 20.0. The zero-order valence-corrected chi connectivity index (χ0v) is 22.7. The van der Waals surface area contributed by atoms with Crippen LogP contribution in [0.15, 0.2) is 94.8 Å². The maximum Gasteiger partial charge on any atom is 0.416 e. The van der Waals surface area contributed by atoms with Gasteiger partial charge in [0.2, 0.25) is 5.75 Å². The van der Waals surface area contributed by atoms with Gasteiger partial charge in [0.1, 0.15) is 6.61 Å². The predicted molar refractivity (Wildman–Crippen MR) is 153 cm³/mol. The van der Waals surface area contributed by atoms with Crippen molar-refractivity contribution in [3.63, 3.8) is 0 Å². The first-order valence-corrected chi connectivity index (χ1v) is 12.9. The minimum absolute atomic E-state index is 0.0141. The van der Waals surface area contributed by atoms with Crippen LogP contribution in [0.4, 0.5) is 18.9 Å². The molecule has 212 valence electrons. The smallest absolute Gasteiger partial charge is 0.416 e. The number of hydrogen-bond donors (Lipinski definition) is 0. The van der Waals surface area contributed by atoms with Crippen molar-refractivity contribution in [3.8, 4) is 17.1 Å². The molecule has 1 heterocycles. The molecule has 0 atom stereocenters. The lowest BCUT2D eigenvalue weighted by Crippen LogP contribution is -2.20. The van der Waals surface area contributed by atoms with Crippen molar-refractivity contribution in [3.05, 3.63) is 132 Å². The summed E-state index contributed by atoms with van der Waals surface area (Å²) in [6.07, 6.45) is -3.51. The largest absolute Gasteiger partial charge is 0.481 e. The van der Waals surface area contributed by atoms with Crippen molar-refractivity contribution < 1.29 is 22.8 Å². The SMILES string of the molecule is O=c1c2ccccc2nc(-c2cccc(C(F)(F)F)c2)n1N=Cc1cc(Cl)c(OCc2ccc(Cl)cc2)c([N+](=O)[O-])c1. The Labute approximate surface area is 245 Å². The number of alkyl halides is 3. The average molecular weight is 613 g/mol. The Kier molecular flexibility index (Phi) is 7.97. The number of aromatic nitrogens is 2. The summed E-state index contributed by atoms with van der Waals surface area (Å²) in [6, 6.07) is 19.8. The molecule has 0 amide bonds. The fourth-order valence-electron chi connectivity index (χ4n) is 4.07. The maximum atomic E-state index is 13.4. The summed E-state index contributed by atoms with van der Waals surface area (Å²) < 4.78 is 46.7. The van der Waals surface area contributed by atoms with Gasteiger partial charge >= 0.3 is 11.9 Å². The second kappa shape index (κ2) is 11.6. The zero-order chi connectivity index (χ0) is 30.0. The van der Waals surface area contributed by atoms with E-state index in [-0.39, 0.29) is 45.2 Å². The van der Waals surface area contributed by atoms with Gasteiger partial charge in [-0.25, -0.2) is 4.98 Å². The molecule has 0 aliphatic carbocycles. The second-order valence-corrected chi connectivity index (χ2v) is 9.76. The van der Waals surface area contributed by atoms with Crippen molar-refractivity contribution in [1.29, 1.82) is 0 Å². The molecule has 5 aromatic rings. The highest BCUT2D eigenvalue weighted by Crippen LogP contribution is 2.37. The Morgan fingerprint density at radius 1 is 1.00 bits per heavy atom. The number of benzene rings is 4. The summed E-state index contributed by atoms with van der Waals surface area (Å²) in [7, 11) is 0. The predicted octanol–water partition coefficient (Wildman–Crippen LogP) is 7.76. The first kappa shape index (κ1) is 28.8. The van der Waals surface area contributed by atoms with Crippen LogP contribution in [0.1, 0.15) is 16.7 Å². The minimum Gasteiger partial charge on any atom is -0.481 e. The molecular formula is C29H17Cl2F3N4O4. The Bertz CT molecular complexity index is 1910. The number of ether oxygens (including phenoxy) is 1. The standard InChI is InChI=1S/C29H17Cl2F3N4O4/c30-21-10-8-17(9-11-21)16-42-26-23(31)12-18(13-25(26)38(40)41)15-35-37-27(19-4-3-5-20(14-19)29(32,33)34)36-24-7-2-1-6-22(24)28(37)39/h1-15H,16H2. The van der Waals surface area contributed by atoms with Gasteiger partial charge in [-0.15, -0.1) is 0 Å². The molecule has 0 aliphatic rings. The number of nitrogens with zero attached hydrogens (tertiary/aromatic N) is 4. The third-order valence-electron chi connectivity index (χ3n) is 6.06. The first-order valence-electron chi connectivity index (χ1n) is 12.1. The van der Waals surface area contributed by atoms with E-state index < -0.39 is 27.9 Å². The van der Waals surface area contributed by atoms with E-state index in [9.17, 15) is 28.1 Å². The van der Waals surface area contributed by atoms with E-state index >= 15 is 0 Å². The quantitative estimate of drug-likeness (QED) is 0.106. The van der Waals surface area contributed by atoms with Crippen molar-refractivity contribution >= 4 is 46.0 Å². The Balaban J connectivity index is 1.57. The summed E-state index contributed by atoms with van der Waals surface area (Å²) in [5, 5.41) is 16.6. The van der Waals surface area contributed by atoms with Crippen LogP contribution < -0.4 is 10.3 Å². The molecule has 0 saturated heterocycles. The Morgan fingerprint density at radius 2 is 1.74 bits per heavy atom. The molecule has 0 aliphatic heterocycles. The van der Waals surface area contributed by atoms with E-state index in [1.54, 1.807) is 42.5 Å². The highest BCUT2D eigenvalue weighted by atomic mass is 35.5. The van der Waals surface area contributed by atoms with Gasteiger partial charge in [-0.2, -0.15) is 22.9 Å². The number of hydrogen-bond acceptors (Lipinski definition) is 6. The van der Waals surface area contributed by atoms with Crippen molar-refractivity contribution in [1.82, 2.24) is 9.66 Å². The Morgan fingerprint density at radius 3 is 2.45 bits per heavy atom. The lowest BCUT2D eigenvalue weighted by Gasteiger charge is -2.12. The van der Waals surface area contributed by atoms with Crippen LogP contribution in [0.25, 0.3) is 22.3 Å². The molecule has 5 rings (SSSR count). The number of nitro benzene ring substituents is 1. The van der Waals surface area contributed by atoms with Crippen LogP contribution in [0.5, 0.6) is 5.75 Å². The van der Waals surface area contributed by atoms with Crippen LogP contribution in [-0.2, 0) is 12.8 Å². The van der Waals surface area contributed by atoms with Gasteiger partial charge in [0.05, 0.1) is 32.6 Å². The van der Waals surface area contributed by atoms with E-state index in [0.29, 0.717) is 10.6 Å². The highest BCUT2D eigenvalue weighted by molar-refractivity contribution is 6.32. The van der Waals surface area contributed by atoms with Crippen LogP contribution in [0.3, 0.4) is 0 Å². The monoisotopic (exact) mass is 612 g/mol. The normalized spacial score (nSPS) is 11.7. The molecule has 0 unspecified atom stereocenters. The van der Waals surface area contributed by atoms with E-state index in [4.69, 9.17) is 27.9 Å². The third kappa shape index (κ3) is 6.12. The van der Waals surface area contributed by atoms with Crippen molar-refractivity contribution in [2.75, 3.05) is 0 Å². The molecule has 0 saturated carbocycles. The van der Waals surface area contributed by atoms with Crippen LogP contribution >= 0.6 is 23.2 Å². The molecule has 13 heteroatoms. The van der Waals surface area contributed by atoms with Gasteiger partial charge in [-0.3, -0.25) is 14.9 Å².